The molecule has 1 aliphatic rings. The number of nitrogens with zero attached hydrogens (tertiary/aromatic N) is 3. The number of methoxy groups -OCH3 is 1. The first-order valence-corrected chi connectivity index (χ1v) is 11.7. The fraction of sp³-hybridized carbons (Fsp3) is 0.269. The third-order valence-corrected chi connectivity index (χ3v) is 5.67. The Labute approximate surface area is 226 Å². The molecule has 11 nitrogen and oxygen atoms in total. The Bertz CT molecular complexity index is 1410. The molecule has 4 rings (SSSR count). The minimum atomic E-state index is -5.08. The molecule has 0 fully saturated rings. The fourth-order valence-corrected chi connectivity index (χ4v) is 3.67. The number of rotatable bonds is 5. The van der Waals surface area contributed by atoms with Crippen LogP contribution in [0.2, 0.25) is 0 Å². The molecule has 14 heteroatoms. The van der Waals surface area contributed by atoms with Crippen LogP contribution in [0.5, 0.6) is 11.5 Å². The summed E-state index contributed by atoms with van der Waals surface area (Å²) < 4.78 is 42.8. The second-order valence-electron chi connectivity index (χ2n) is 8.74. The molecule has 40 heavy (non-hydrogen) atoms. The van der Waals surface area contributed by atoms with Crippen molar-refractivity contribution in [3.8, 4) is 22.8 Å². The maximum Gasteiger partial charge on any atom is 0.490 e. The van der Waals surface area contributed by atoms with E-state index in [2.05, 4.69) is 15.3 Å². The Balaban J connectivity index is 0.000000559. The maximum absolute atomic E-state index is 13.1. The minimum Gasteiger partial charge on any atom is -0.497 e. The summed E-state index contributed by atoms with van der Waals surface area (Å²) in [4.78, 5) is 44.4. The monoisotopic (exact) mass is 561 g/mol. The summed E-state index contributed by atoms with van der Waals surface area (Å²) in [5.74, 6) is -2.05. The fourth-order valence-electron chi connectivity index (χ4n) is 3.67. The van der Waals surface area contributed by atoms with Crippen LogP contribution in [0.1, 0.15) is 15.9 Å². The quantitative estimate of drug-likeness (QED) is 0.425. The topological polar surface area (TPSA) is 157 Å². The van der Waals surface area contributed by atoms with Crippen molar-refractivity contribution >= 4 is 29.4 Å². The minimum absolute atomic E-state index is 0.138. The first-order valence-electron chi connectivity index (χ1n) is 11.7. The molecule has 0 saturated carbocycles. The van der Waals surface area contributed by atoms with Crippen LogP contribution in [0.15, 0.2) is 48.7 Å². The predicted octanol–water partition coefficient (Wildman–Crippen LogP) is 3.26. The molecule has 1 atom stereocenters. The van der Waals surface area contributed by atoms with Gasteiger partial charge in [0.2, 0.25) is 11.9 Å². The van der Waals surface area contributed by atoms with Crippen molar-refractivity contribution in [2.45, 2.75) is 12.6 Å². The summed E-state index contributed by atoms with van der Waals surface area (Å²) >= 11 is 0. The van der Waals surface area contributed by atoms with Gasteiger partial charge in [0.1, 0.15) is 18.1 Å². The van der Waals surface area contributed by atoms with Crippen molar-refractivity contribution < 1.29 is 42.1 Å². The number of amides is 2. The van der Waals surface area contributed by atoms with Gasteiger partial charge >= 0.3 is 12.1 Å². The Morgan fingerprint density at radius 2 is 1.85 bits per heavy atom. The van der Waals surface area contributed by atoms with E-state index in [4.69, 9.17) is 25.1 Å². The van der Waals surface area contributed by atoms with Crippen molar-refractivity contribution in [1.29, 1.82) is 0 Å². The van der Waals surface area contributed by atoms with Crippen LogP contribution in [-0.4, -0.2) is 71.7 Å². The number of halogens is 3. The normalized spacial score (nSPS) is 14.0. The SMILES string of the molecule is COc1ccc2c(c1)CC(C(=O)Nc1ccc(-c3ccnc(N)n3)cc1C(=O)N(C)C)CO2.O=C(O)C(F)(F)F. The van der Waals surface area contributed by atoms with Gasteiger partial charge < -0.3 is 30.5 Å². The smallest absolute Gasteiger partial charge is 0.490 e. The number of hydrogen-bond donors (Lipinski definition) is 3. The number of aromatic nitrogens is 2. The lowest BCUT2D eigenvalue weighted by Crippen LogP contribution is -2.33. The molecule has 0 radical (unpaired) electrons. The van der Waals surface area contributed by atoms with E-state index in [1.165, 1.54) is 4.90 Å². The second kappa shape index (κ2) is 12.3. The molecule has 0 saturated heterocycles. The van der Waals surface area contributed by atoms with E-state index >= 15 is 0 Å². The summed E-state index contributed by atoms with van der Waals surface area (Å²) in [7, 11) is 4.91. The van der Waals surface area contributed by atoms with E-state index in [1.807, 2.05) is 18.2 Å². The number of nitrogen functional groups attached to an aromatic ring is 1. The van der Waals surface area contributed by atoms with Gasteiger partial charge in [-0.2, -0.15) is 13.2 Å². The predicted molar refractivity (Wildman–Crippen MR) is 138 cm³/mol. The summed E-state index contributed by atoms with van der Waals surface area (Å²) in [5.41, 5.74) is 8.64. The Hall–Kier alpha value is -4.88. The lowest BCUT2D eigenvalue weighted by atomic mass is 9.95. The number of aliphatic carboxylic acids is 1. The molecule has 2 amide bonds. The number of benzene rings is 2. The van der Waals surface area contributed by atoms with E-state index in [1.54, 1.807) is 51.7 Å². The second-order valence-corrected chi connectivity index (χ2v) is 8.74. The van der Waals surface area contributed by atoms with E-state index in [9.17, 15) is 22.8 Å². The van der Waals surface area contributed by atoms with E-state index in [-0.39, 0.29) is 24.4 Å². The third kappa shape index (κ3) is 7.36. The highest BCUT2D eigenvalue weighted by molar-refractivity contribution is 6.05. The number of carbonyl (C=O) groups excluding carboxylic acids is 2. The van der Waals surface area contributed by atoms with Gasteiger partial charge in [0.05, 0.1) is 30.0 Å². The lowest BCUT2D eigenvalue weighted by molar-refractivity contribution is -0.192. The molecule has 0 spiro atoms. The molecule has 3 aromatic rings. The Morgan fingerprint density at radius 1 is 1.15 bits per heavy atom. The Morgan fingerprint density at radius 3 is 2.45 bits per heavy atom. The van der Waals surface area contributed by atoms with Crippen molar-refractivity contribution in [1.82, 2.24) is 14.9 Å². The average Bonchev–Trinajstić information content (AvgIpc) is 2.91. The van der Waals surface area contributed by atoms with Crippen molar-refractivity contribution in [3.05, 3.63) is 59.8 Å². The zero-order valence-electron chi connectivity index (χ0n) is 21.7. The Kier molecular flexibility index (Phi) is 9.14. The molecule has 1 aromatic heterocycles. The van der Waals surface area contributed by atoms with E-state index in [0.29, 0.717) is 34.7 Å². The van der Waals surface area contributed by atoms with Gasteiger partial charge in [-0.3, -0.25) is 9.59 Å². The third-order valence-electron chi connectivity index (χ3n) is 5.67. The highest BCUT2D eigenvalue weighted by Gasteiger charge is 2.38. The van der Waals surface area contributed by atoms with Crippen LogP contribution < -0.4 is 20.5 Å². The number of anilines is 2. The number of ether oxygens (including phenoxy) is 2. The van der Waals surface area contributed by atoms with Gasteiger partial charge in [-0.15, -0.1) is 0 Å². The summed E-state index contributed by atoms with van der Waals surface area (Å²) in [6, 6.07) is 12.4. The maximum atomic E-state index is 13.1. The van der Waals surface area contributed by atoms with Crippen molar-refractivity contribution in [2.24, 2.45) is 5.92 Å². The number of nitrogens with two attached hydrogens (primary N) is 1. The van der Waals surface area contributed by atoms with Crippen LogP contribution in [0.25, 0.3) is 11.3 Å². The van der Waals surface area contributed by atoms with Gasteiger partial charge in [0.15, 0.2) is 0 Å². The number of nitrogens with one attached hydrogen (secondary N) is 1. The zero-order chi connectivity index (χ0) is 29.6. The van der Waals surface area contributed by atoms with Crippen LogP contribution in [-0.2, 0) is 16.0 Å². The summed E-state index contributed by atoms with van der Waals surface area (Å²) in [5, 5.41) is 10.0. The van der Waals surface area contributed by atoms with Crippen LogP contribution in [0.4, 0.5) is 24.8 Å². The largest absolute Gasteiger partial charge is 0.497 e. The molecular weight excluding hydrogens is 535 g/mol. The van der Waals surface area contributed by atoms with Crippen LogP contribution in [0.3, 0.4) is 0 Å². The molecule has 212 valence electrons. The van der Waals surface area contributed by atoms with Gasteiger partial charge in [-0.05, 0) is 48.4 Å². The lowest BCUT2D eigenvalue weighted by Gasteiger charge is -2.25. The molecule has 2 heterocycles. The van der Waals surface area contributed by atoms with Crippen LogP contribution >= 0.6 is 0 Å². The number of carboxylic acid groups (broad SMARTS) is 1. The zero-order valence-corrected chi connectivity index (χ0v) is 21.7. The molecular formula is C26H26F3N5O6. The standard InChI is InChI=1S/C24H25N5O4.C2HF3O2/c1-29(2)23(31)18-12-14(19-8-9-26-24(25)28-19)4-6-20(18)27-22(30)16-10-15-11-17(32-3)5-7-21(15)33-13-16;3-2(4,5)1(6)7/h4-9,11-12,16H,10,13H2,1-3H3,(H,27,30)(H2,25,26,28);(H,6,7). The van der Waals surface area contributed by atoms with Gasteiger partial charge in [-0.1, -0.05) is 6.07 Å². The molecule has 1 unspecified atom stereocenters. The van der Waals surface area contributed by atoms with E-state index in [0.717, 1.165) is 11.3 Å². The molecule has 4 N–H and O–H groups in total. The number of carboxylic acids is 1. The van der Waals surface area contributed by atoms with Crippen molar-refractivity contribution in [3.63, 3.8) is 0 Å². The highest BCUT2D eigenvalue weighted by atomic mass is 19.4. The highest BCUT2D eigenvalue weighted by Crippen LogP contribution is 2.32. The summed E-state index contributed by atoms with van der Waals surface area (Å²) in [6.07, 6.45) is -3.02. The van der Waals surface area contributed by atoms with Gasteiger partial charge in [0, 0.05) is 25.9 Å². The molecule has 2 aromatic carbocycles. The molecule has 1 aliphatic heterocycles. The van der Waals surface area contributed by atoms with E-state index < -0.39 is 18.1 Å². The number of carbonyl (C=O) groups is 3. The average molecular weight is 562 g/mol. The molecule has 0 aliphatic carbocycles. The summed E-state index contributed by atoms with van der Waals surface area (Å²) in [6.45, 7) is 0.250. The molecule has 0 bridgehead atoms. The number of alkyl halides is 3. The first kappa shape index (κ1) is 29.7. The van der Waals surface area contributed by atoms with Gasteiger partial charge in [0.25, 0.3) is 5.91 Å². The number of hydrogen-bond acceptors (Lipinski definition) is 8. The van der Waals surface area contributed by atoms with Crippen molar-refractivity contribution in [2.75, 3.05) is 38.9 Å². The number of fused-ring (bicyclic) bond motifs is 1. The first-order chi connectivity index (χ1) is 18.8. The van der Waals surface area contributed by atoms with Crippen LogP contribution in [0, 0.1) is 5.92 Å². The van der Waals surface area contributed by atoms with Gasteiger partial charge in [-0.25, -0.2) is 14.8 Å².